The molecule has 0 fully saturated rings. The van der Waals surface area contributed by atoms with E-state index in [9.17, 15) is 9.90 Å². The minimum Gasteiger partial charge on any atom is -0.504 e. The van der Waals surface area contributed by atoms with Crippen LogP contribution in [0.2, 0.25) is 0 Å². The molecule has 1 aromatic rings. The van der Waals surface area contributed by atoms with Gasteiger partial charge >= 0.3 is 0 Å². The monoisotopic (exact) mass is 174 g/mol. The van der Waals surface area contributed by atoms with E-state index in [0.717, 1.165) is 0 Å². The summed E-state index contributed by atoms with van der Waals surface area (Å²) in [6.07, 6.45) is 1.49. The second-order valence-electron chi connectivity index (χ2n) is 2.57. The number of allylic oxidation sites excluding steroid dienone is 2. The van der Waals surface area contributed by atoms with E-state index in [1.54, 1.807) is 18.2 Å². The maximum atomic E-state index is 11.1. The molecular weight excluding hydrogens is 164 g/mol. The third kappa shape index (κ3) is 1.85. The van der Waals surface area contributed by atoms with Crippen molar-refractivity contribution < 1.29 is 5.11 Å². The Bertz CT molecular complexity index is 405. The van der Waals surface area contributed by atoms with Gasteiger partial charge in [0.25, 0.3) is 0 Å². The van der Waals surface area contributed by atoms with Crippen LogP contribution in [-0.2, 0) is 0 Å². The molecule has 0 heterocycles. The fraction of sp³-hybridized carbons (Fsp3) is 0. The highest BCUT2D eigenvalue weighted by Crippen LogP contribution is 2.19. The van der Waals surface area contributed by atoms with Gasteiger partial charge in [-0.1, -0.05) is 37.4 Å². The third-order valence-corrected chi connectivity index (χ3v) is 1.70. The Morgan fingerprint density at radius 1 is 1.38 bits per heavy atom. The lowest BCUT2D eigenvalue weighted by Crippen LogP contribution is -1.95. The molecule has 0 aliphatic rings. The number of aromatic hydroxyl groups is 1. The highest BCUT2D eigenvalue weighted by Gasteiger charge is 2.03. The number of hydrogen-bond donors (Lipinski definition) is 1. The lowest BCUT2D eigenvalue weighted by molar-refractivity contribution is 0.469. The van der Waals surface area contributed by atoms with Crippen molar-refractivity contribution in [2.45, 2.75) is 0 Å². The van der Waals surface area contributed by atoms with Crippen LogP contribution in [0.25, 0.3) is 5.57 Å². The van der Waals surface area contributed by atoms with Gasteiger partial charge in [0.2, 0.25) is 5.43 Å². The standard InChI is InChI=1S/C11H10O2/c1-3-8(2)9-6-4-5-7-10(12)11(9)13/h3-7H,1-2H2,(H,12,13). The number of rotatable bonds is 2. The maximum Gasteiger partial charge on any atom is 0.220 e. The lowest BCUT2D eigenvalue weighted by atomic mass is 10.1. The first-order chi connectivity index (χ1) is 6.16. The first-order valence-corrected chi connectivity index (χ1v) is 3.81. The molecule has 0 unspecified atom stereocenters. The SMILES string of the molecule is C=CC(=C)c1ccccc(=O)c1O. The van der Waals surface area contributed by atoms with Gasteiger partial charge in [0, 0.05) is 5.56 Å². The normalized spacial score (nSPS) is 9.23. The molecule has 0 radical (unpaired) electrons. The highest BCUT2D eigenvalue weighted by molar-refractivity contribution is 5.74. The van der Waals surface area contributed by atoms with Crippen molar-refractivity contribution in [2.24, 2.45) is 0 Å². The Balaban J connectivity index is 3.49. The van der Waals surface area contributed by atoms with Crippen molar-refractivity contribution >= 4 is 5.57 Å². The average molecular weight is 174 g/mol. The minimum absolute atomic E-state index is 0.282. The van der Waals surface area contributed by atoms with Crippen LogP contribution >= 0.6 is 0 Å². The topological polar surface area (TPSA) is 37.3 Å². The molecule has 66 valence electrons. The van der Waals surface area contributed by atoms with Gasteiger partial charge in [-0.3, -0.25) is 4.79 Å². The van der Waals surface area contributed by atoms with Crippen molar-refractivity contribution in [1.29, 1.82) is 0 Å². The van der Waals surface area contributed by atoms with E-state index >= 15 is 0 Å². The zero-order chi connectivity index (χ0) is 9.84. The molecular formula is C11H10O2. The van der Waals surface area contributed by atoms with Crippen LogP contribution in [0.5, 0.6) is 5.75 Å². The van der Waals surface area contributed by atoms with E-state index in [2.05, 4.69) is 13.2 Å². The molecule has 0 spiro atoms. The lowest BCUT2D eigenvalue weighted by Gasteiger charge is -1.97. The second kappa shape index (κ2) is 3.72. The van der Waals surface area contributed by atoms with Gasteiger partial charge < -0.3 is 5.11 Å². The van der Waals surface area contributed by atoms with Crippen molar-refractivity contribution in [1.82, 2.24) is 0 Å². The summed E-state index contributed by atoms with van der Waals surface area (Å²) in [6.45, 7) is 7.17. The summed E-state index contributed by atoms with van der Waals surface area (Å²) in [5, 5.41) is 9.44. The zero-order valence-electron chi connectivity index (χ0n) is 7.16. The molecule has 0 aromatic heterocycles. The van der Waals surface area contributed by atoms with Crippen LogP contribution in [0.3, 0.4) is 0 Å². The molecule has 2 nitrogen and oxygen atoms in total. The van der Waals surface area contributed by atoms with Gasteiger partial charge in [-0.15, -0.1) is 0 Å². The molecule has 2 heteroatoms. The predicted molar refractivity (Wildman–Crippen MR) is 53.6 cm³/mol. The van der Waals surface area contributed by atoms with E-state index in [4.69, 9.17) is 0 Å². The van der Waals surface area contributed by atoms with Crippen LogP contribution < -0.4 is 5.43 Å². The highest BCUT2D eigenvalue weighted by atomic mass is 16.3. The molecule has 0 aliphatic heterocycles. The van der Waals surface area contributed by atoms with Crippen LogP contribution in [0.4, 0.5) is 0 Å². The van der Waals surface area contributed by atoms with Gasteiger partial charge in [-0.25, -0.2) is 0 Å². The molecule has 0 bridgehead atoms. The average Bonchev–Trinajstić information content (AvgIpc) is 2.29. The van der Waals surface area contributed by atoms with Crippen LogP contribution in [-0.4, -0.2) is 5.11 Å². The van der Waals surface area contributed by atoms with E-state index < -0.39 is 5.43 Å². The predicted octanol–water partition coefficient (Wildman–Crippen LogP) is 1.95. The van der Waals surface area contributed by atoms with E-state index in [0.29, 0.717) is 11.1 Å². The molecule has 0 saturated heterocycles. The molecule has 0 atom stereocenters. The smallest absolute Gasteiger partial charge is 0.220 e. The van der Waals surface area contributed by atoms with E-state index in [-0.39, 0.29) is 5.75 Å². The van der Waals surface area contributed by atoms with E-state index in [1.165, 1.54) is 12.1 Å². The molecule has 1 N–H and O–H groups in total. The van der Waals surface area contributed by atoms with Gasteiger partial charge in [-0.2, -0.15) is 0 Å². The Hall–Kier alpha value is -1.83. The van der Waals surface area contributed by atoms with Crippen molar-refractivity contribution in [2.75, 3.05) is 0 Å². The van der Waals surface area contributed by atoms with Gasteiger partial charge in [0.15, 0.2) is 5.75 Å². The molecule has 0 aliphatic carbocycles. The van der Waals surface area contributed by atoms with Crippen molar-refractivity contribution in [3.8, 4) is 5.75 Å². The maximum absolute atomic E-state index is 11.1. The first kappa shape index (κ1) is 9.26. The van der Waals surface area contributed by atoms with E-state index in [1.807, 2.05) is 0 Å². The first-order valence-electron chi connectivity index (χ1n) is 3.81. The summed E-state index contributed by atoms with van der Waals surface area (Å²) in [5.74, 6) is -0.282. The Morgan fingerprint density at radius 3 is 2.62 bits per heavy atom. The minimum atomic E-state index is -0.414. The summed E-state index contributed by atoms with van der Waals surface area (Å²) in [7, 11) is 0. The van der Waals surface area contributed by atoms with Gasteiger partial charge in [-0.05, 0) is 11.6 Å². The summed E-state index contributed by atoms with van der Waals surface area (Å²) in [5.41, 5.74) is 0.541. The third-order valence-electron chi connectivity index (χ3n) is 1.70. The Morgan fingerprint density at radius 2 is 2.00 bits per heavy atom. The summed E-state index contributed by atoms with van der Waals surface area (Å²) >= 11 is 0. The summed E-state index contributed by atoms with van der Waals surface area (Å²) in [4.78, 5) is 11.1. The molecule has 13 heavy (non-hydrogen) atoms. The molecule has 1 aromatic carbocycles. The van der Waals surface area contributed by atoms with Crippen molar-refractivity contribution in [3.63, 3.8) is 0 Å². The fourth-order valence-corrected chi connectivity index (χ4v) is 0.954. The van der Waals surface area contributed by atoms with Crippen LogP contribution in [0, 0.1) is 0 Å². The fourth-order valence-electron chi connectivity index (χ4n) is 0.954. The summed E-state index contributed by atoms with van der Waals surface area (Å²) in [6, 6.07) is 6.17. The zero-order valence-corrected chi connectivity index (χ0v) is 7.16. The quantitative estimate of drug-likeness (QED) is 0.696. The van der Waals surface area contributed by atoms with Crippen molar-refractivity contribution in [3.05, 3.63) is 59.3 Å². The molecule has 0 saturated carbocycles. The Kier molecular flexibility index (Phi) is 2.65. The van der Waals surface area contributed by atoms with Crippen LogP contribution in [0.1, 0.15) is 5.56 Å². The largest absolute Gasteiger partial charge is 0.504 e. The van der Waals surface area contributed by atoms with Crippen LogP contribution in [0.15, 0.2) is 48.3 Å². The second-order valence-corrected chi connectivity index (χ2v) is 2.57. The summed E-state index contributed by atoms with van der Waals surface area (Å²) < 4.78 is 0. The Labute approximate surface area is 76.5 Å². The molecule has 0 amide bonds. The molecule has 1 rings (SSSR count). The van der Waals surface area contributed by atoms with Gasteiger partial charge in [0.1, 0.15) is 0 Å². The number of hydrogen-bond acceptors (Lipinski definition) is 2. The van der Waals surface area contributed by atoms with Gasteiger partial charge in [0.05, 0.1) is 0 Å².